The molecule has 2 rings (SSSR count). The summed E-state index contributed by atoms with van der Waals surface area (Å²) in [6, 6.07) is 0. The third kappa shape index (κ3) is 0.934. The first-order valence-electron chi connectivity index (χ1n) is 3.47. The summed E-state index contributed by atoms with van der Waals surface area (Å²) >= 11 is 3.75. The molecule has 6 nitrogen and oxygen atoms in total. The highest BCUT2D eigenvalue weighted by molar-refractivity contribution is 7.78. The third-order valence-corrected chi connectivity index (χ3v) is 2.16. The van der Waals surface area contributed by atoms with Gasteiger partial charge in [0.2, 0.25) is 0 Å². The zero-order chi connectivity index (χ0) is 9.59. The Morgan fingerprint density at radius 3 is 2.92 bits per heavy atom. The molecule has 0 aliphatic heterocycles. The molecule has 0 fully saturated rings. The van der Waals surface area contributed by atoms with Gasteiger partial charge in [-0.1, -0.05) is 12.8 Å². The average Bonchev–Trinajstić information content (AvgIpc) is 2.59. The molecule has 0 aromatic carbocycles. The Bertz CT molecular complexity index is 578. The largest absolute Gasteiger partial charge is 0.342 e. The number of nitrogens with one attached hydrogen (secondary N) is 1. The lowest BCUT2D eigenvalue weighted by Crippen LogP contribution is -2.34. The van der Waals surface area contributed by atoms with Crippen molar-refractivity contribution >= 4 is 24.0 Å². The molecule has 2 aromatic rings. The smallest absolute Gasteiger partial charge is 0.339 e. The highest BCUT2D eigenvalue weighted by atomic mass is 32.1. The molecular weight excluding hydrogens is 192 g/mol. The van der Waals surface area contributed by atoms with Crippen LogP contribution in [0.2, 0.25) is 0 Å². The van der Waals surface area contributed by atoms with Crippen LogP contribution in [0.3, 0.4) is 0 Å². The molecule has 0 aliphatic carbocycles. The van der Waals surface area contributed by atoms with Gasteiger partial charge in [-0.25, -0.2) is 13.8 Å². The van der Waals surface area contributed by atoms with Crippen molar-refractivity contribution in [2.45, 2.75) is 0 Å². The van der Waals surface area contributed by atoms with Gasteiger partial charge in [0.1, 0.15) is 0 Å². The van der Waals surface area contributed by atoms with Crippen LogP contribution in [0.4, 0.5) is 0 Å². The van der Waals surface area contributed by atoms with Crippen molar-refractivity contribution in [3.8, 4) is 0 Å². The van der Waals surface area contributed by atoms with E-state index < -0.39 is 11.2 Å². The summed E-state index contributed by atoms with van der Waals surface area (Å²) in [5.41, 5.74) is -0.385. The Morgan fingerprint density at radius 1 is 1.54 bits per heavy atom. The van der Waals surface area contributed by atoms with Crippen LogP contribution in [0.5, 0.6) is 0 Å². The van der Waals surface area contributed by atoms with E-state index in [1.54, 1.807) is 0 Å². The lowest BCUT2D eigenvalue weighted by atomic mass is 10.5. The van der Waals surface area contributed by atoms with Crippen molar-refractivity contribution < 1.29 is 0 Å². The van der Waals surface area contributed by atoms with Gasteiger partial charge in [-0.05, 0) is 0 Å². The first kappa shape index (κ1) is 8.11. The molecule has 0 saturated carbocycles. The van der Waals surface area contributed by atoms with E-state index in [0.717, 1.165) is 3.97 Å². The molecule has 0 amide bonds. The van der Waals surface area contributed by atoms with Gasteiger partial charge < -0.3 is 4.98 Å². The van der Waals surface area contributed by atoms with Gasteiger partial charge >= 0.3 is 5.69 Å². The molecule has 0 unspecified atom stereocenters. The van der Waals surface area contributed by atoms with Crippen LogP contribution in [0.15, 0.2) is 15.9 Å². The fraction of sp³-hybridized carbons (Fsp3) is 0.167. The number of aromatic amines is 1. The van der Waals surface area contributed by atoms with Gasteiger partial charge in [0.05, 0.1) is 6.33 Å². The maximum absolute atomic E-state index is 11.4. The molecule has 68 valence electrons. The molecule has 0 aliphatic rings. The molecule has 2 aromatic heterocycles. The Kier molecular flexibility index (Phi) is 1.56. The maximum atomic E-state index is 11.4. The Morgan fingerprint density at radius 2 is 2.23 bits per heavy atom. The van der Waals surface area contributed by atoms with Gasteiger partial charge in [0, 0.05) is 7.05 Å². The molecule has 1 N–H and O–H groups in total. The summed E-state index contributed by atoms with van der Waals surface area (Å²) in [5, 5.41) is 0. The summed E-state index contributed by atoms with van der Waals surface area (Å²) in [6.07, 6.45) is 1.36. The first-order valence-corrected chi connectivity index (χ1v) is 3.87. The SMILES string of the molecule is Cn1c(=O)n(S)c(=O)c2[nH]cnc21. The Labute approximate surface area is 77.4 Å². The van der Waals surface area contributed by atoms with Gasteiger partial charge in [-0.2, -0.15) is 0 Å². The molecule has 0 radical (unpaired) electrons. The third-order valence-electron chi connectivity index (χ3n) is 1.81. The topological polar surface area (TPSA) is 72.7 Å². The number of imidazole rings is 1. The van der Waals surface area contributed by atoms with Crippen molar-refractivity contribution in [1.29, 1.82) is 0 Å². The van der Waals surface area contributed by atoms with Gasteiger partial charge in [-0.3, -0.25) is 9.36 Å². The minimum absolute atomic E-state index is 0.275. The second-order valence-corrected chi connectivity index (χ2v) is 2.96. The molecule has 7 heteroatoms. The summed E-state index contributed by atoms with van der Waals surface area (Å²) in [5.74, 6) is 0. The normalized spacial score (nSPS) is 10.9. The van der Waals surface area contributed by atoms with Crippen LogP contribution in [0, 0.1) is 0 Å². The van der Waals surface area contributed by atoms with Crippen LogP contribution >= 0.6 is 12.8 Å². The van der Waals surface area contributed by atoms with E-state index in [1.165, 1.54) is 17.9 Å². The molecule has 0 atom stereocenters. The monoisotopic (exact) mass is 198 g/mol. The second kappa shape index (κ2) is 2.49. The number of aryl methyl sites for hydroxylation is 1. The van der Waals surface area contributed by atoms with E-state index in [9.17, 15) is 9.59 Å². The number of aromatic nitrogens is 4. The van der Waals surface area contributed by atoms with E-state index in [0.29, 0.717) is 5.65 Å². The highest BCUT2D eigenvalue weighted by Crippen LogP contribution is 1.98. The predicted octanol–water partition coefficient (Wildman–Crippen LogP) is -0.884. The minimum atomic E-state index is -0.507. The van der Waals surface area contributed by atoms with Crippen LogP contribution in [0.25, 0.3) is 11.2 Å². The standard InChI is InChI=1S/C6H6N4O2S/c1-9-4-3(7-2-8-4)5(11)10(13)6(9)12/h2,13H,1H3,(H,7,8). The summed E-state index contributed by atoms with van der Waals surface area (Å²) < 4.78 is 1.99. The van der Waals surface area contributed by atoms with Gasteiger partial charge in [0.25, 0.3) is 5.56 Å². The van der Waals surface area contributed by atoms with E-state index in [-0.39, 0.29) is 5.52 Å². The van der Waals surface area contributed by atoms with Crippen molar-refractivity contribution in [3.63, 3.8) is 0 Å². The van der Waals surface area contributed by atoms with Gasteiger partial charge in [-0.15, -0.1) is 0 Å². The number of H-pyrrole nitrogens is 1. The van der Waals surface area contributed by atoms with Gasteiger partial charge in [0.15, 0.2) is 11.2 Å². The summed E-state index contributed by atoms with van der Waals surface area (Å²) in [4.78, 5) is 29.1. The lowest BCUT2D eigenvalue weighted by Gasteiger charge is -1.99. The number of hydrogen-bond donors (Lipinski definition) is 2. The molecule has 0 bridgehead atoms. The lowest BCUT2D eigenvalue weighted by molar-refractivity contribution is 0.813. The Balaban J connectivity index is 3.21. The van der Waals surface area contributed by atoms with E-state index in [1.807, 2.05) is 0 Å². The molecule has 13 heavy (non-hydrogen) atoms. The predicted molar refractivity (Wildman–Crippen MR) is 50.0 cm³/mol. The van der Waals surface area contributed by atoms with Crippen molar-refractivity contribution in [2.24, 2.45) is 7.05 Å². The fourth-order valence-corrected chi connectivity index (χ4v) is 1.36. The van der Waals surface area contributed by atoms with Crippen molar-refractivity contribution in [2.75, 3.05) is 0 Å². The van der Waals surface area contributed by atoms with E-state index in [2.05, 4.69) is 22.8 Å². The molecular formula is C6H6N4O2S. The van der Waals surface area contributed by atoms with Crippen molar-refractivity contribution in [3.05, 3.63) is 27.2 Å². The van der Waals surface area contributed by atoms with Crippen LogP contribution in [0.1, 0.15) is 0 Å². The van der Waals surface area contributed by atoms with Crippen LogP contribution in [-0.2, 0) is 7.05 Å². The zero-order valence-corrected chi connectivity index (χ0v) is 7.58. The number of hydrogen-bond acceptors (Lipinski definition) is 4. The van der Waals surface area contributed by atoms with E-state index in [4.69, 9.17) is 0 Å². The van der Waals surface area contributed by atoms with Crippen molar-refractivity contribution in [1.82, 2.24) is 18.5 Å². The molecule has 0 saturated heterocycles. The fourth-order valence-electron chi connectivity index (χ4n) is 1.12. The summed E-state index contributed by atoms with van der Waals surface area (Å²) in [6.45, 7) is 0. The van der Waals surface area contributed by atoms with E-state index >= 15 is 0 Å². The number of fused-ring (bicyclic) bond motifs is 1. The summed E-state index contributed by atoms with van der Waals surface area (Å²) in [7, 11) is 1.53. The quantitative estimate of drug-likeness (QED) is 0.540. The number of thiol groups is 1. The first-order chi connectivity index (χ1) is 6.13. The molecule has 0 spiro atoms. The Hall–Kier alpha value is -1.50. The average molecular weight is 198 g/mol. The zero-order valence-electron chi connectivity index (χ0n) is 6.68. The number of rotatable bonds is 0. The van der Waals surface area contributed by atoms with Crippen LogP contribution in [-0.4, -0.2) is 18.5 Å². The number of nitrogens with zero attached hydrogens (tertiary/aromatic N) is 3. The molecule has 2 heterocycles. The minimum Gasteiger partial charge on any atom is -0.339 e. The van der Waals surface area contributed by atoms with Crippen LogP contribution < -0.4 is 11.2 Å². The highest BCUT2D eigenvalue weighted by Gasteiger charge is 2.09. The second-order valence-electron chi connectivity index (χ2n) is 2.56. The maximum Gasteiger partial charge on any atom is 0.342 e.